The molecule has 0 fully saturated rings. The van der Waals surface area contributed by atoms with Crippen LogP contribution >= 0.6 is 0 Å². The number of hydrogen-bond acceptors (Lipinski definition) is 5. The maximum absolute atomic E-state index is 12.0. The van der Waals surface area contributed by atoms with Crippen molar-refractivity contribution in [2.24, 2.45) is 11.7 Å². The van der Waals surface area contributed by atoms with Crippen molar-refractivity contribution in [3.8, 4) is 11.1 Å². The first-order valence-corrected chi connectivity index (χ1v) is 9.76. The third-order valence-corrected chi connectivity index (χ3v) is 4.92. The standard InChI is InChI=1S/C22H29N5O2/c1-14(2)8-17(13-28)25-21-19(22(23)29)11-24-27-12-16(10-20(21)27)15-6-5-7-18(9-15)26(3)4/h5-7,9-12,14,17,25,28H,8,13H2,1-4H3,(H2,23,29)/t17-/m0/s1. The molecule has 7 nitrogen and oxygen atoms in total. The number of nitrogens with zero attached hydrogens (tertiary/aromatic N) is 3. The first kappa shape index (κ1) is 20.7. The topological polar surface area (TPSA) is 95.9 Å². The van der Waals surface area contributed by atoms with Gasteiger partial charge < -0.3 is 21.1 Å². The fraction of sp³-hybridized carbons (Fsp3) is 0.364. The van der Waals surface area contributed by atoms with Gasteiger partial charge in [-0.2, -0.15) is 5.10 Å². The third-order valence-electron chi connectivity index (χ3n) is 4.92. The molecule has 29 heavy (non-hydrogen) atoms. The van der Waals surface area contributed by atoms with Crippen LogP contribution < -0.4 is 16.0 Å². The van der Waals surface area contributed by atoms with E-state index in [1.54, 1.807) is 4.52 Å². The maximum Gasteiger partial charge on any atom is 0.252 e. The quantitative estimate of drug-likeness (QED) is 0.545. The minimum atomic E-state index is -0.555. The first-order chi connectivity index (χ1) is 13.8. The highest BCUT2D eigenvalue weighted by Gasteiger charge is 2.19. The van der Waals surface area contributed by atoms with Crippen molar-refractivity contribution in [1.82, 2.24) is 9.61 Å². The van der Waals surface area contributed by atoms with Gasteiger partial charge in [0.2, 0.25) is 0 Å². The van der Waals surface area contributed by atoms with Gasteiger partial charge in [-0.25, -0.2) is 4.52 Å². The molecule has 0 saturated heterocycles. The minimum Gasteiger partial charge on any atom is -0.394 e. The number of hydrogen-bond donors (Lipinski definition) is 3. The van der Waals surface area contributed by atoms with Crippen molar-refractivity contribution < 1.29 is 9.90 Å². The number of aromatic nitrogens is 2. The molecule has 1 atom stereocenters. The van der Waals surface area contributed by atoms with Gasteiger partial charge in [-0.1, -0.05) is 26.0 Å². The number of carbonyl (C=O) groups is 1. The molecule has 0 spiro atoms. The second-order valence-electron chi connectivity index (χ2n) is 7.95. The van der Waals surface area contributed by atoms with Crippen LogP contribution in [0.25, 0.3) is 16.6 Å². The summed E-state index contributed by atoms with van der Waals surface area (Å²) in [7, 11) is 4.00. The molecule has 7 heteroatoms. The summed E-state index contributed by atoms with van der Waals surface area (Å²) in [6.07, 6.45) is 4.17. The Hall–Kier alpha value is -3.06. The number of nitrogens with two attached hydrogens (primary N) is 1. The Labute approximate surface area is 171 Å². The normalized spacial score (nSPS) is 12.3. The van der Waals surface area contributed by atoms with Crippen LogP contribution in [0.4, 0.5) is 11.4 Å². The summed E-state index contributed by atoms with van der Waals surface area (Å²) in [4.78, 5) is 14.1. The lowest BCUT2D eigenvalue weighted by Gasteiger charge is -2.21. The predicted molar refractivity (Wildman–Crippen MR) is 117 cm³/mol. The first-order valence-electron chi connectivity index (χ1n) is 9.76. The highest BCUT2D eigenvalue weighted by Crippen LogP contribution is 2.30. The Morgan fingerprint density at radius 2 is 2.03 bits per heavy atom. The molecule has 1 amide bonds. The SMILES string of the molecule is CC(C)C[C@@H](CO)Nc1c(C(N)=O)cnn2cc(-c3cccc(N(C)C)c3)cc12. The Balaban J connectivity index is 2.10. The second-order valence-corrected chi connectivity index (χ2v) is 7.95. The monoisotopic (exact) mass is 395 g/mol. The molecule has 0 saturated carbocycles. The van der Waals surface area contributed by atoms with E-state index >= 15 is 0 Å². The van der Waals surface area contributed by atoms with Gasteiger partial charge in [-0.05, 0) is 36.1 Å². The van der Waals surface area contributed by atoms with Crippen LogP contribution in [0.15, 0.2) is 42.7 Å². The van der Waals surface area contributed by atoms with Crippen LogP contribution in [0, 0.1) is 5.92 Å². The largest absolute Gasteiger partial charge is 0.394 e. The molecule has 0 aliphatic carbocycles. The van der Waals surface area contributed by atoms with Crippen molar-refractivity contribution in [2.45, 2.75) is 26.3 Å². The summed E-state index contributed by atoms with van der Waals surface area (Å²) in [6, 6.07) is 10.0. The number of fused-ring (bicyclic) bond motifs is 1. The van der Waals surface area contributed by atoms with Gasteiger partial charge in [0.05, 0.1) is 29.6 Å². The van der Waals surface area contributed by atoms with E-state index in [2.05, 4.69) is 30.3 Å². The Morgan fingerprint density at radius 3 is 2.66 bits per heavy atom. The molecule has 2 aromatic heterocycles. The summed E-state index contributed by atoms with van der Waals surface area (Å²) < 4.78 is 1.73. The molecule has 0 unspecified atom stereocenters. The molecular weight excluding hydrogens is 366 g/mol. The van der Waals surface area contributed by atoms with E-state index in [0.29, 0.717) is 17.2 Å². The number of anilines is 2. The van der Waals surface area contributed by atoms with E-state index in [1.807, 2.05) is 49.5 Å². The lowest BCUT2D eigenvalue weighted by molar-refractivity contribution is 0.100. The summed E-state index contributed by atoms with van der Waals surface area (Å²) in [6.45, 7) is 4.15. The van der Waals surface area contributed by atoms with E-state index in [0.717, 1.165) is 28.8 Å². The fourth-order valence-electron chi connectivity index (χ4n) is 3.47. The molecule has 154 valence electrons. The molecule has 0 aliphatic rings. The highest BCUT2D eigenvalue weighted by atomic mass is 16.3. The van der Waals surface area contributed by atoms with Crippen molar-refractivity contribution >= 4 is 22.8 Å². The van der Waals surface area contributed by atoms with Crippen LogP contribution in [0.1, 0.15) is 30.6 Å². The van der Waals surface area contributed by atoms with Crippen LogP contribution in [-0.4, -0.2) is 47.4 Å². The number of aliphatic hydroxyl groups is 1. The third kappa shape index (κ3) is 4.51. The lowest BCUT2D eigenvalue weighted by atomic mass is 10.0. The Bertz CT molecular complexity index is 1010. The van der Waals surface area contributed by atoms with E-state index in [4.69, 9.17) is 5.73 Å². The molecule has 0 bridgehead atoms. The highest BCUT2D eigenvalue weighted by molar-refractivity contribution is 6.02. The van der Waals surface area contributed by atoms with Crippen LogP contribution in [0.2, 0.25) is 0 Å². The number of carbonyl (C=O) groups excluding carboxylic acids is 1. The fourth-order valence-corrected chi connectivity index (χ4v) is 3.47. The zero-order valence-electron chi connectivity index (χ0n) is 17.4. The molecule has 1 aromatic carbocycles. The van der Waals surface area contributed by atoms with Crippen molar-refractivity contribution in [3.63, 3.8) is 0 Å². The minimum absolute atomic E-state index is 0.0384. The summed E-state index contributed by atoms with van der Waals surface area (Å²) >= 11 is 0. The average Bonchev–Trinajstić information content (AvgIpc) is 3.11. The van der Waals surface area contributed by atoms with E-state index in [-0.39, 0.29) is 12.6 Å². The van der Waals surface area contributed by atoms with Crippen molar-refractivity contribution in [1.29, 1.82) is 0 Å². The van der Waals surface area contributed by atoms with E-state index in [9.17, 15) is 9.90 Å². The zero-order valence-corrected chi connectivity index (χ0v) is 17.4. The number of benzene rings is 1. The van der Waals surface area contributed by atoms with Crippen LogP contribution in [0.3, 0.4) is 0 Å². The molecule has 3 rings (SSSR count). The van der Waals surface area contributed by atoms with E-state index < -0.39 is 5.91 Å². The van der Waals surface area contributed by atoms with Gasteiger partial charge in [0, 0.05) is 37.6 Å². The van der Waals surface area contributed by atoms with Gasteiger partial charge in [-0.3, -0.25) is 4.79 Å². The lowest BCUT2D eigenvalue weighted by Crippen LogP contribution is -2.28. The molecule has 4 N–H and O–H groups in total. The summed E-state index contributed by atoms with van der Waals surface area (Å²) in [5.41, 5.74) is 10.4. The zero-order chi connectivity index (χ0) is 21.1. The molecule has 3 aromatic rings. The number of aliphatic hydroxyl groups excluding tert-OH is 1. The van der Waals surface area contributed by atoms with Crippen LogP contribution in [-0.2, 0) is 0 Å². The number of rotatable bonds is 8. The Morgan fingerprint density at radius 1 is 1.28 bits per heavy atom. The average molecular weight is 396 g/mol. The molecule has 0 radical (unpaired) electrons. The predicted octanol–water partition coefficient (Wildman–Crippen LogP) is 2.99. The molecule has 2 heterocycles. The van der Waals surface area contributed by atoms with Crippen molar-refractivity contribution in [2.75, 3.05) is 30.9 Å². The van der Waals surface area contributed by atoms with Gasteiger partial charge >= 0.3 is 0 Å². The number of nitrogens with one attached hydrogen (secondary N) is 1. The van der Waals surface area contributed by atoms with E-state index in [1.165, 1.54) is 6.20 Å². The van der Waals surface area contributed by atoms with Gasteiger partial charge in [-0.15, -0.1) is 0 Å². The Kier molecular flexibility index (Phi) is 6.08. The smallest absolute Gasteiger partial charge is 0.252 e. The van der Waals surface area contributed by atoms with Gasteiger partial charge in [0.15, 0.2) is 0 Å². The second kappa shape index (κ2) is 8.53. The summed E-state index contributed by atoms with van der Waals surface area (Å²) in [5, 5.41) is 17.5. The van der Waals surface area contributed by atoms with Gasteiger partial charge in [0.1, 0.15) is 0 Å². The number of amides is 1. The van der Waals surface area contributed by atoms with Gasteiger partial charge in [0.25, 0.3) is 5.91 Å². The molecular formula is C22H29N5O2. The molecule has 0 aliphatic heterocycles. The summed E-state index contributed by atoms with van der Waals surface area (Å²) in [5.74, 6) is -0.160. The maximum atomic E-state index is 12.0. The van der Waals surface area contributed by atoms with Crippen molar-refractivity contribution in [3.05, 3.63) is 48.3 Å². The van der Waals surface area contributed by atoms with Crippen LogP contribution in [0.5, 0.6) is 0 Å². The number of primary amides is 1.